The van der Waals surface area contributed by atoms with Crippen molar-refractivity contribution in [3.63, 3.8) is 0 Å². The third-order valence-corrected chi connectivity index (χ3v) is 2.58. The molecule has 0 spiro atoms. The smallest absolute Gasteiger partial charge is 0.163 e. The SMILES string of the molecule is CC(=O)c1cnc(CC2CC2)nc1C. The normalized spacial score (nSPS) is 15.6. The van der Waals surface area contributed by atoms with Crippen molar-refractivity contribution in [1.82, 2.24) is 9.97 Å². The number of hydrogen-bond acceptors (Lipinski definition) is 3. The summed E-state index contributed by atoms with van der Waals surface area (Å²) in [5.41, 5.74) is 1.45. The fourth-order valence-corrected chi connectivity index (χ4v) is 1.54. The number of ketones is 1. The van der Waals surface area contributed by atoms with Crippen LogP contribution in [0.2, 0.25) is 0 Å². The van der Waals surface area contributed by atoms with Gasteiger partial charge in [0.05, 0.1) is 11.3 Å². The van der Waals surface area contributed by atoms with Gasteiger partial charge in [0.15, 0.2) is 5.78 Å². The number of aryl methyl sites for hydroxylation is 1. The molecule has 0 amide bonds. The monoisotopic (exact) mass is 190 g/mol. The van der Waals surface area contributed by atoms with E-state index in [-0.39, 0.29) is 5.78 Å². The molecule has 1 aromatic heterocycles. The first-order valence-corrected chi connectivity index (χ1v) is 5.00. The van der Waals surface area contributed by atoms with E-state index in [0.717, 1.165) is 23.9 Å². The summed E-state index contributed by atoms with van der Waals surface area (Å²) in [6, 6.07) is 0. The first kappa shape index (κ1) is 9.31. The Morgan fingerprint density at radius 3 is 2.79 bits per heavy atom. The van der Waals surface area contributed by atoms with Crippen LogP contribution in [0.4, 0.5) is 0 Å². The number of Topliss-reactive ketones (excluding diaryl/α,β-unsaturated/α-hetero) is 1. The third kappa shape index (κ3) is 1.97. The van der Waals surface area contributed by atoms with Crippen molar-refractivity contribution in [3.05, 3.63) is 23.3 Å². The first-order valence-electron chi connectivity index (χ1n) is 5.00. The minimum Gasteiger partial charge on any atom is -0.294 e. The molecule has 0 unspecified atom stereocenters. The van der Waals surface area contributed by atoms with Crippen LogP contribution < -0.4 is 0 Å². The van der Waals surface area contributed by atoms with Crippen molar-refractivity contribution >= 4 is 5.78 Å². The highest BCUT2D eigenvalue weighted by Crippen LogP contribution is 2.31. The molecule has 1 fully saturated rings. The lowest BCUT2D eigenvalue weighted by Gasteiger charge is -2.03. The molecule has 3 heteroatoms. The molecule has 0 aliphatic heterocycles. The lowest BCUT2D eigenvalue weighted by molar-refractivity contribution is 0.101. The molecule has 0 aromatic carbocycles. The minimum atomic E-state index is 0.0421. The average Bonchev–Trinajstić information content (AvgIpc) is 2.87. The lowest BCUT2D eigenvalue weighted by Crippen LogP contribution is -2.05. The Morgan fingerprint density at radius 2 is 2.29 bits per heavy atom. The Morgan fingerprint density at radius 1 is 1.57 bits per heavy atom. The molecule has 0 saturated heterocycles. The largest absolute Gasteiger partial charge is 0.294 e. The Labute approximate surface area is 83.6 Å². The van der Waals surface area contributed by atoms with E-state index in [4.69, 9.17) is 0 Å². The summed E-state index contributed by atoms with van der Waals surface area (Å²) in [6.45, 7) is 3.42. The minimum absolute atomic E-state index is 0.0421. The van der Waals surface area contributed by atoms with Crippen molar-refractivity contribution in [3.8, 4) is 0 Å². The topological polar surface area (TPSA) is 42.9 Å². The second-order valence-corrected chi connectivity index (χ2v) is 3.99. The van der Waals surface area contributed by atoms with E-state index in [1.807, 2.05) is 6.92 Å². The highest BCUT2D eigenvalue weighted by Gasteiger charge is 2.23. The number of aromatic nitrogens is 2. The van der Waals surface area contributed by atoms with Gasteiger partial charge in [0.2, 0.25) is 0 Å². The standard InChI is InChI=1S/C11H14N2O/c1-7-10(8(2)14)6-12-11(13-7)5-9-3-4-9/h6,9H,3-5H2,1-2H3. The summed E-state index contributed by atoms with van der Waals surface area (Å²) in [4.78, 5) is 19.7. The summed E-state index contributed by atoms with van der Waals surface area (Å²) in [5, 5.41) is 0. The number of carbonyl (C=O) groups is 1. The highest BCUT2D eigenvalue weighted by molar-refractivity contribution is 5.94. The molecule has 74 valence electrons. The van der Waals surface area contributed by atoms with Gasteiger partial charge >= 0.3 is 0 Å². The van der Waals surface area contributed by atoms with E-state index in [2.05, 4.69) is 9.97 Å². The molecule has 14 heavy (non-hydrogen) atoms. The van der Waals surface area contributed by atoms with E-state index in [1.54, 1.807) is 13.1 Å². The van der Waals surface area contributed by atoms with Crippen LogP contribution in [0.25, 0.3) is 0 Å². The van der Waals surface area contributed by atoms with Gasteiger partial charge in [-0.25, -0.2) is 9.97 Å². The van der Waals surface area contributed by atoms with Crippen LogP contribution in [0, 0.1) is 12.8 Å². The van der Waals surface area contributed by atoms with Crippen molar-refractivity contribution < 1.29 is 4.79 Å². The van der Waals surface area contributed by atoms with E-state index < -0.39 is 0 Å². The summed E-state index contributed by atoms with van der Waals surface area (Å²) in [5.74, 6) is 1.72. The Hall–Kier alpha value is -1.25. The number of hydrogen-bond donors (Lipinski definition) is 0. The highest BCUT2D eigenvalue weighted by atomic mass is 16.1. The maximum atomic E-state index is 11.1. The van der Waals surface area contributed by atoms with Gasteiger partial charge in [-0.15, -0.1) is 0 Å². The molecular weight excluding hydrogens is 176 g/mol. The fourth-order valence-electron chi connectivity index (χ4n) is 1.54. The van der Waals surface area contributed by atoms with E-state index >= 15 is 0 Å². The van der Waals surface area contributed by atoms with Gasteiger partial charge in [0.25, 0.3) is 0 Å². The summed E-state index contributed by atoms with van der Waals surface area (Å²) < 4.78 is 0. The van der Waals surface area contributed by atoms with Gasteiger partial charge in [0, 0.05) is 12.6 Å². The molecule has 2 rings (SSSR count). The van der Waals surface area contributed by atoms with Crippen molar-refractivity contribution in [2.75, 3.05) is 0 Å². The number of rotatable bonds is 3. The molecule has 3 nitrogen and oxygen atoms in total. The fraction of sp³-hybridized carbons (Fsp3) is 0.545. The third-order valence-electron chi connectivity index (χ3n) is 2.58. The molecule has 0 radical (unpaired) electrons. The zero-order valence-corrected chi connectivity index (χ0v) is 8.58. The molecule has 0 N–H and O–H groups in total. The van der Waals surface area contributed by atoms with Gasteiger partial charge in [-0.3, -0.25) is 4.79 Å². The number of carbonyl (C=O) groups excluding carboxylic acids is 1. The predicted octanol–water partition coefficient (Wildman–Crippen LogP) is 1.94. The van der Waals surface area contributed by atoms with Crippen LogP contribution in [0.1, 0.15) is 41.6 Å². The molecule has 1 aromatic rings. The second kappa shape index (κ2) is 3.48. The number of nitrogens with zero attached hydrogens (tertiary/aromatic N) is 2. The maximum Gasteiger partial charge on any atom is 0.163 e. The Bertz CT molecular complexity index is 370. The molecule has 0 bridgehead atoms. The molecule has 1 saturated carbocycles. The van der Waals surface area contributed by atoms with Crippen LogP contribution in [0.5, 0.6) is 0 Å². The van der Waals surface area contributed by atoms with Crippen molar-refractivity contribution in [2.45, 2.75) is 33.1 Å². The van der Waals surface area contributed by atoms with Crippen molar-refractivity contribution in [1.29, 1.82) is 0 Å². The summed E-state index contributed by atoms with van der Waals surface area (Å²) in [6.07, 6.45) is 5.23. The van der Waals surface area contributed by atoms with Crippen LogP contribution in [-0.4, -0.2) is 15.8 Å². The van der Waals surface area contributed by atoms with Crippen LogP contribution in [-0.2, 0) is 6.42 Å². The molecule has 1 aliphatic carbocycles. The maximum absolute atomic E-state index is 11.1. The van der Waals surface area contributed by atoms with Gasteiger partial charge in [-0.2, -0.15) is 0 Å². The van der Waals surface area contributed by atoms with Gasteiger partial charge < -0.3 is 0 Å². The van der Waals surface area contributed by atoms with Crippen molar-refractivity contribution in [2.24, 2.45) is 5.92 Å². The van der Waals surface area contributed by atoms with E-state index in [0.29, 0.717) is 5.56 Å². The average molecular weight is 190 g/mol. The van der Waals surface area contributed by atoms with Crippen LogP contribution in [0.15, 0.2) is 6.20 Å². The van der Waals surface area contributed by atoms with Gasteiger partial charge in [0.1, 0.15) is 5.82 Å². The Kier molecular flexibility index (Phi) is 2.32. The zero-order chi connectivity index (χ0) is 10.1. The van der Waals surface area contributed by atoms with E-state index in [9.17, 15) is 4.79 Å². The quantitative estimate of drug-likeness (QED) is 0.684. The first-order chi connectivity index (χ1) is 6.66. The molecule has 0 atom stereocenters. The van der Waals surface area contributed by atoms with Gasteiger partial charge in [-0.1, -0.05) is 0 Å². The lowest BCUT2D eigenvalue weighted by atomic mass is 10.1. The molecular formula is C11H14N2O. The predicted molar refractivity (Wildman–Crippen MR) is 53.2 cm³/mol. The Balaban J connectivity index is 2.20. The molecule has 1 heterocycles. The van der Waals surface area contributed by atoms with Crippen LogP contribution in [0.3, 0.4) is 0 Å². The zero-order valence-electron chi connectivity index (χ0n) is 8.58. The van der Waals surface area contributed by atoms with E-state index in [1.165, 1.54) is 12.8 Å². The van der Waals surface area contributed by atoms with Crippen LogP contribution >= 0.6 is 0 Å². The van der Waals surface area contributed by atoms with Gasteiger partial charge in [-0.05, 0) is 32.6 Å². The summed E-state index contributed by atoms with van der Waals surface area (Å²) in [7, 11) is 0. The second-order valence-electron chi connectivity index (χ2n) is 3.99. The summed E-state index contributed by atoms with van der Waals surface area (Å²) >= 11 is 0. The molecule has 1 aliphatic rings.